The molecule has 0 unspecified atom stereocenters. The summed E-state index contributed by atoms with van der Waals surface area (Å²) in [5.41, 5.74) is 1.26. The molecule has 1 aliphatic heterocycles. The Hall–Kier alpha value is -2.51. The highest BCUT2D eigenvalue weighted by Crippen LogP contribution is 2.36. The molecule has 0 aliphatic carbocycles. The molecule has 226 valence electrons. The molecule has 2 aromatic rings. The van der Waals surface area contributed by atoms with Crippen molar-refractivity contribution < 1.29 is 29.2 Å². The van der Waals surface area contributed by atoms with E-state index in [1.807, 2.05) is 81.4 Å². The summed E-state index contributed by atoms with van der Waals surface area (Å²) in [5.74, 6) is -0.234. The van der Waals surface area contributed by atoms with E-state index in [2.05, 4.69) is 6.58 Å². The maximum atomic E-state index is 13.1. The fraction of sp³-hybridized carbons (Fsp3) is 0.571. The van der Waals surface area contributed by atoms with Gasteiger partial charge in [-0.25, -0.2) is 0 Å². The molecule has 6 nitrogen and oxygen atoms in total. The second-order valence-electron chi connectivity index (χ2n) is 12.2. The summed E-state index contributed by atoms with van der Waals surface area (Å²) in [6.07, 6.45) is 5.87. The molecule has 1 heterocycles. The largest absolute Gasteiger partial charge is 0.460 e. The average Bonchev–Trinajstić information content (AvgIpc) is 2.98. The van der Waals surface area contributed by atoms with Gasteiger partial charge in [0.15, 0.2) is 0 Å². The molecule has 3 rings (SSSR count). The number of carbonyl (C=O) groups is 1. The van der Waals surface area contributed by atoms with E-state index in [0.717, 1.165) is 36.8 Å². The molecule has 1 fully saturated rings. The van der Waals surface area contributed by atoms with Gasteiger partial charge in [0.05, 0.1) is 42.5 Å². The van der Waals surface area contributed by atoms with Gasteiger partial charge < -0.3 is 24.4 Å². The van der Waals surface area contributed by atoms with Crippen molar-refractivity contribution in [1.29, 1.82) is 0 Å². The van der Waals surface area contributed by atoms with E-state index in [1.165, 1.54) is 0 Å². The topological polar surface area (TPSA) is 85.2 Å². The highest BCUT2D eigenvalue weighted by molar-refractivity contribution is 5.76. The van der Waals surface area contributed by atoms with E-state index >= 15 is 0 Å². The second-order valence-corrected chi connectivity index (χ2v) is 12.2. The first-order chi connectivity index (χ1) is 19.7. The van der Waals surface area contributed by atoms with Crippen LogP contribution in [-0.2, 0) is 32.2 Å². The molecule has 1 saturated heterocycles. The number of rotatable bonds is 17. The minimum atomic E-state index is -0.784. The minimum absolute atomic E-state index is 0.0237. The Morgan fingerprint density at radius 2 is 1.66 bits per heavy atom. The van der Waals surface area contributed by atoms with Crippen LogP contribution in [0.5, 0.6) is 0 Å². The van der Waals surface area contributed by atoms with Crippen LogP contribution in [-0.4, -0.2) is 46.7 Å². The van der Waals surface area contributed by atoms with Crippen molar-refractivity contribution in [1.82, 2.24) is 0 Å². The van der Waals surface area contributed by atoms with Crippen LogP contribution >= 0.6 is 0 Å². The molecule has 0 amide bonds. The zero-order valence-corrected chi connectivity index (χ0v) is 25.1. The maximum Gasteiger partial charge on any atom is 0.314 e. The predicted molar refractivity (Wildman–Crippen MR) is 162 cm³/mol. The van der Waals surface area contributed by atoms with Gasteiger partial charge in [0.25, 0.3) is 0 Å². The molecule has 0 aromatic heterocycles. The van der Waals surface area contributed by atoms with E-state index in [-0.39, 0.29) is 36.8 Å². The normalized spacial score (nSPS) is 20.5. The van der Waals surface area contributed by atoms with Crippen molar-refractivity contribution in [2.75, 3.05) is 0 Å². The number of hydrogen-bond acceptors (Lipinski definition) is 6. The molecular weight excluding hydrogens is 516 g/mol. The Morgan fingerprint density at radius 3 is 2.29 bits per heavy atom. The van der Waals surface area contributed by atoms with E-state index in [1.54, 1.807) is 6.08 Å². The first-order valence-corrected chi connectivity index (χ1v) is 15.2. The van der Waals surface area contributed by atoms with Crippen LogP contribution in [0.15, 0.2) is 73.3 Å². The molecular formula is C35H50O6. The van der Waals surface area contributed by atoms with Crippen molar-refractivity contribution in [2.24, 2.45) is 11.3 Å². The lowest BCUT2D eigenvalue weighted by Gasteiger charge is -2.39. The van der Waals surface area contributed by atoms with Crippen molar-refractivity contribution in [3.63, 3.8) is 0 Å². The Morgan fingerprint density at radius 1 is 1.02 bits per heavy atom. The third-order valence-electron chi connectivity index (χ3n) is 8.30. The van der Waals surface area contributed by atoms with Crippen molar-refractivity contribution >= 4 is 5.97 Å². The monoisotopic (exact) mass is 566 g/mol. The summed E-state index contributed by atoms with van der Waals surface area (Å²) < 4.78 is 18.6. The molecule has 41 heavy (non-hydrogen) atoms. The molecule has 1 aliphatic rings. The number of benzene rings is 2. The highest BCUT2D eigenvalue weighted by Gasteiger charge is 2.42. The van der Waals surface area contributed by atoms with E-state index < -0.39 is 17.6 Å². The summed E-state index contributed by atoms with van der Waals surface area (Å²) in [6, 6.07) is 19.7. The fourth-order valence-corrected chi connectivity index (χ4v) is 5.42. The van der Waals surface area contributed by atoms with E-state index in [0.29, 0.717) is 32.3 Å². The average molecular weight is 567 g/mol. The number of aliphatic hydroxyl groups excluding tert-OH is 2. The van der Waals surface area contributed by atoms with Crippen LogP contribution in [0.3, 0.4) is 0 Å². The Bertz CT molecular complexity index is 1020. The van der Waals surface area contributed by atoms with Gasteiger partial charge in [0.2, 0.25) is 0 Å². The van der Waals surface area contributed by atoms with Crippen molar-refractivity contribution in [3.8, 4) is 0 Å². The van der Waals surface area contributed by atoms with Gasteiger partial charge in [-0.2, -0.15) is 0 Å². The number of hydrogen-bond donors (Lipinski definition) is 2. The van der Waals surface area contributed by atoms with Crippen LogP contribution in [0.2, 0.25) is 0 Å². The SMILES string of the molecule is C=CC[C@H](O)CC[C@H](C)[C@H](O)C[C@H](C[C@@H]1CCC[C@H](C(C)(C)C(=O)OCc2ccccc2)O1)OCc1ccccc1. The van der Waals surface area contributed by atoms with Gasteiger partial charge in [-0.15, -0.1) is 6.58 Å². The Balaban J connectivity index is 1.60. The van der Waals surface area contributed by atoms with Gasteiger partial charge in [0.1, 0.15) is 6.61 Å². The highest BCUT2D eigenvalue weighted by atomic mass is 16.5. The first kappa shape index (κ1) is 33.0. The van der Waals surface area contributed by atoms with Crippen LogP contribution in [0, 0.1) is 11.3 Å². The minimum Gasteiger partial charge on any atom is -0.460 e. The molecule has 0 saturated carbocycles. The molecule has 0 spiro atoms. The summed E-state index contributed by atoms with van der Waals surface area (Å²) in [5, 5.41) is 21.2. The molecule has 6 heteroatoms. The summed E-state index contributed by atoms with van der Waals surface area (Å²) in [4.78, 5) is 13.1. The lowest BCUT2D eigenvalue weighted by molar-refractivity contribution is -0.175. The third kappa shape index (κ3) is 11.0. The lowest BCUT2D eigenvalue weighted by atomic mass is 9.81. The molecule has 2 aromatic carbocycles. The van der Waals surface area contributed by atoms with Gasteiger partial charge >= 0.3 is 5.97 Å². The lowest BCUT2D eigenvalue weighted by Crippen LogP contribution is -2.45. The van der Waals surface area contributed by atoms with Crippen LogP contribution in [0.4, 0.5) is 0 Å². The molecule has 6 atom stereocenters. The van der Waals surface area contributed by atoms with E-state index in [4.69, 9.17) is 14.2 Å². The number of ether oxygens (including phenoxy) is 3. The standard InChI is InChI=1S/C35H50O6/c1-5-13-29(36)21-20-26(2)32(37)23-31(39-24-27-14-8-6-9-15-27)22-30-18-12-19-33(41-30)35(3,4)34(38)40-25-28-16-10-7-11-17-28/h5-11,14-17,26,29-33,36-37H,1,12-13,18-25H2,2-4H3/t26-,29-,30-,31-,32+,33+/m0/s1. The van der Waals surface area contributed by atoms with Gasteiger partial charge in [-0.1, -0.05) is 73.7 Å². The summed E-state index contributed by atoms with van der Waals surface area (Å²) in [6.45, 7) is 10.2. The maximum absolute atomic E-state index is 13.1. The third-order valence-corrected chi connectivity index (χ3v) is 8.30. The number of carbonyl (C=O) groups excluding carboxylic acids is 1. The quantitative estimate of drug-likeness (QED) is 0.162. The zero-order chi connectivity index (χ0) is 29.7. The van der Waals surface area contributed by atoms with Gasteiger partial charge in [0, 0.05) is 0 Å². The van der Waals surface area contributed by atoms with Crippen molar-refractivity contribution in [2.45, 2.75) is 116 Å². The van der Waals surface area contributed by atoms with Gasteiger partial charge in [-0.05, 0) is 82.3 Å². The Kier molecular flexibility index (Phi) is 13.5. The molecule has 0 radical (unpaired) electrons. The van der Waals surface area contributed by atoms with Gasteiger partial charge in [-0.3, -0.25) is 4.79 Å². The Labute approximate surface area is 246 Å². The molecule has 0 bridgehead atoms. The summed E-state index contributed by atoms with van der Waals surface area (Å²) >= 11 is 0. The second kappa shape index (κ2) is 16.8. The first-order valence-electron chi connectivity index (χ1n) is 15.2. The molecule has 2 N–H and O–H groups in total. The summed E-state index contributed by atoms with van der Waals surface area (Å²) in [7, 11) is 0. The van der Waals surface area contributed by atoms with Crippen molar-refractivity contribution in [3.05, 3.63) is 84.4 Å². The zero-order valence-electron chi connectivity index (χ0n) is 25.1. The predicted octanol–water partition coefficient (Wildman–Crippen LogP) is 6.77. The number of aliphatic hydroxyl groups is 2. The van der Waals surface area contributed by atoms with Crippen LogP contribution in [0.1, 0.15) is 83.3 Å². The number of esters is 1. The van der Waals surface area contributed by atoms with E-state index in [9.17, 15) is 15.0 Å². The van der Waals surface area contributed by atoms with Crippen LogP contribution < -0.4 is 0 Å². The van der Waals surface area contributed by atoms with Crippen LogP contribution in [0.25, 0.3) is 0 Å². The fourth-order valence-electron chi connectivity index (χ4n) is 5.42. The smallest absolute Gasteiger partial charge is 0.314 e.